The van der Waals surface area contributed by atoms with E-state index >= 15 is 0 Å². The second-order valence-electron chi connectivity index (χ2n) is 13.8. The quantitative estimate of drug-likeness (QED) is 0.0184. The molecule has 12 heteroatoms. The standard InChI is InChI=1S/C39H71O11P/c1-4-5-20-26-35(41)27-22-17-13-9-7-11-15-19-24-29-39(44)50-37(33-49-51(45,46)48-31-36(42)30-40)32-47-38(43)28-23-18-14-10-6-8-12-16-21-25-34(2)3/h13,17,22,27,34,36-37,40,42H,4-12,14-16,18-21,23-26,28-33H2,1-3H3,(H,45,46)/b17-13-,27-22+/t36-,37+/m0/s1. The van der Waals surface area contributed by atoms with Crippen LogP contribution in [0.15, 0.2) is 24.3 Å². The lowest BCUT2D eigenvalue weighted by atomic mass is 10.0. The van der Waals surface area contributed by atoms with Crippen molar-refractivity contribution in [3.05, 3.63) is 24.3 Å². The van der Waals surface area contributed by atoms with E-state index in [1.807, 2.05) is 12.2 Å². The lowest BCUT2D eigenvalue weighted by Crippen LogP contribution is -2.29. The van der Waals surface area contributed by atoms with Crippen molar-refractivity contribution >= 4 is 25.5 Å². The van der Waals surface area contributed by atoms with Crippen LogP contribution >= 0.6 is 7.82 Å². The van der Waals surface area contributed by atoms with Crippen molar-refractivity contribution in [2.75, 3.05) is 26.4 Å². The molecule has 0 aromatic heterocycles. The molecule has 3 atom stereocenters. The summed E-state index contributed by atoms with van der Waals surface area (Å²) in [6.45, 7) is 4.44. The molecule has 298 valence electrons. The fourth-order valence-electron chi connectivity index (χ4n) is 5.16. The molecular weight excluding hydrogens is 675 g/mol. The summed E-state index contributed by atoms with van der Waals surface area (Å²) in [6.07, 6.45) is 25.7. The predicted molar refractivity (Wildman–Crippen MR) is 201 cm³/mol. The van der Waals surface area contributed by atoms with Gasteiger partial charge in [-0.05, 0) is 44.1 Å². The molecule has 0 spiro atoms. The molecule has 51 heavy (non-hydrogen) atoms. The summed E-state index contributed by atoms with van der Waals surface area (Å²) >= 11 is 0. The minimum Gasteiger partial charge on any atom is -0.462 e. The van der Waals surface area contributed by atoms with Crippen LogP contribution in [0.1, 0.15) is 162 Å². The van der Waals surface area contributed by atoms with E-state index in [0.717, 1.165) is 76.5 Å². The van der Waals surface area contributed by atoms with Crippen LogP contribution in [0.3, 0.4) is 0 Å². The third-order valence-electron chi connectivity index (χ3n) is 8.26. The molecule has 0 amide bonds. The Kier molecular flexibility index (Phi) is 32.7. The second kappa shape index (κ2) is 33.9. The highest BCUT2D eigenvalue weighted by molar-refractivity contribution is 7.47. The van der Waals surface area contributed by atoms with Gasteiger partial charge >= 0.3 is 19.8 Å². The van der Waals surface area contributed by atoms with Gasteiger partial charge < -0.3 is 24.6 Å². The van der Waals surface area contributed by atoms with Gasteiger partial charge in [-0.2, -0.15) is 0 Å². The van der Waals surface area contributed by atoms with Crippen molar-refractivity contribution in [1.82, 2.24) is 0 Å². The van der Waals surface area contributed by atoms with Gasteiger partial charge in [0.1, 0.15) is 12.7 Å². The average Bonchev–Trinajstić information content (AvgIpc) is 3.09. The van der Waals surface area contributed by atoms with Gasteiger partial charge in [0.15, 0.2) is 11.9 Å². The third-order valence-corrected chi connectivity index (χ3v) is 9.21. The largest absolute Gasteiger partial charge is 0.472 e. The Bertz CT molecular complexity index is 982. The van der Waals surface area contributed by atoms with Gasteiger partial charge in [0.2, 0.25) is 0 Å². The maximum atomic E-state index is 12.5. The van der Waals surface area contributed by atoms with Crippen LogP contribution in [0.5, 0.6) is 0 Å². The minimum atomic E-state index is -4.63. The molecule has 0 radical (unpaired) electrons. The summed E-state index contributed by atoms with van der Waals surface area (Å²) in [5.74, 6) is -0.0543. The zero-order chi connectivity index (χ0) is 38.0. The normalized spacial score (nSPS) is 14.3. The van der Waals surface area contributed by atoms with E-state index in [2.05, 4.69) is 25.3 Å². The van der Waals surface area contributed by atoms with Gasteiger partial charge in [0.25, 0.3) is 0 Å². The number of unbranched alkanes of at least 4 members (excludes halogenated alkanes) is 15. The van der Waals surface area contributed by atoms with Crippen molar-refractivity contribution in [1.29, 1.82) is 0 Å². The third kappa shape index (κ3) is 34.9. The molecule has 0 aliphatic heterocycles. The number of rotatable bonds is 36. The number of phosphoric acid groups is 1. The summed E-state index contributed by atoms with van der Waals surface area (Å²) in [7, 11) is -4.63. The molecule has 0 rings (SSSR count). The van der Waals surface area contributed by atoms with Gasteiger partial charge in [-0.3, -0.25) is 23.4 Å². The Labute approximate surface area is 308 Å². The molecule has 0 aliphatic rings. The number of carbonyl (C=O) groups is 3. The molecule has 11 nitrogen and oxygen atoms in total. The molecule has 0 heterocycles. The number of carbonyl (C=O) groups excluding carboxylic acids is 3. The number of aliphatic hydroxyl groups excluding tert-OH is 2. The van der Waals surface area contributed by atoms with Crippen LogP contribution in [0.2, 0.25) is 0 Å². The van der Waals surface area contributed by atoms with E-state index in [1.54, 1.807) is 12.2 Å². The van der Waals surface area contributed by atoms with Gasteiger partial charge in [-0.25, -0.2) is 4.57 Å². The summed E-state index contributed by atoms with van der Waals surface area (Å²) < 4.78 is 32.5. The number of ether oxygens (including phenoxy) is 2. The summed E-state index contributed by atoms with van der Waals surface area (Å²) in [6, 6.07) is 0. The van der Waals surface area contributed by atoms with Gasteiger partial charge in [-0.15, -0.1) is 0 Å². The van der Waals surface area contributed by atoms with Crippen molar-refractivity contribution in [2.24, 2.45) is 5.92 Å². The number of hydrogen-bond acceptors (Lipinski definition) is 10. The van der Waals surface area contributed by atoms with E-state index in [9.17, 15) is 28.9 Å². The number of ketones is 1. The highest BCUT2D eigenvalue weighted by atomic mass is 31.2. The minimum absolute atomic E-state index is 0.134. The molecule has 0 aromatic rings. The first-order chi connectivity index (χ1) is 24.5. The first kappa shape index (κ1) is 49.1. The smallest absolute Gasteiger partial charge is 0.462 e. The van der Waals surface area contributed by atoms with Crippen molar-refractivity contribution < 1.29 is 52.6 Å². The van der Waals surface area contributed by atoms with Gasteiger partial charge in [-0.1, -0.05) is 129 Å². The van der Waals surface area contributed by atoms with E-state index in [4.69, 9.17) is 19.1 Å². The molecule has 0 fully saturated rings. The number of hydrogen-bond donors (Lipinski definition) is 3. The van der Waals surface area contributed by atoms with Crippen LogP contribution in [-0.4, -0.2) is 71.5 Å². The summed E-state index contributed by atoms with van der Waals surface area (Å²) in [4.78, 5) is 46.6. The second-order valence-corrected chi connectivity index (χ2v) is 15.3. The number of esters is 2. The average molecular weight is 747 g/mol. The van der Waals surface area contributed by atoms with Crippen LogP contribution < -0.4 is 0 Å². The topological polar surface area (TPSA) is 166 Å². The monoisotopic (exact) mass is 746 g/mol. The van der Waals surface area contributed by atoms with Crippen LogP contribution in [0, 0.1) is 5.92 Å². The maximum absolute atomic E-state index is 12.5. The lowest BCUT2D eigenvalue weighted by molar-refractivity contribution is -0.161. The molecular formula is C39H71O11P. The van der Waals surface area contributed by atoms with E-state index in [0.29, 0.717) is 19.3 Å². The highest BCUT2D eigenvalue weighted by Gasteiger charge is 2.27. The zero-order valence-corrected chi connectivity index (χ0v) is 32.9. The summed E-state index contributed by atoms with van der Waals surface area (Å²) in [5, 5.41) is 18.3. The number of phosphoric ester groups is 1. The lowest BCUT2D eigenvalue weighted by Gasteiger charge is -2.20. The Balaban J connectivity index is 4.43. The van der Waals surface area contributed by atoms with Crippen LogP contribution in [-0.2, 0) is 37.5 Å². The molecule has 0 aromatic carbocycles. The van der Waals surface area contributed by atoms with E-state index < -0.39 is 51.8 Å². The van der Waals surface area contributed by atoms with Crippen LogP contribution in [0.4, 0.5) is 0 Å². The Morgan fingerprint density at radius 1 is 0.686 bits per heavy atom. The Morgan fingerprint density at radius 3 is 1.84 bits per heavy atom. The maximum Gasteiger partial charge on any atom is 0.472 e. The zero-order valence-electron chi connectivity index (χ0n) is 32.0. The van der Waals surface area contributed by atoms with Crippen LogP contribution in [0.25, 0.3) is 0 Å². The number of allylic oxidation sites excluding steroid dienone is 4. The van der Waals surface area contributed by atoms with E-state index in [-0.39, 0.29) is 25.2 Å². The summed E-state index contributed by atoms with van der Waals surface area (Å²) in [5.41, 5.74) is 0. The van der Waals surface area contributed by atoms with Gasteiger partial charge in [0.05, 0.1) is 19.8 Å². The first-order valence-electron chi connectivity index (χ1n) is 19.6. The Morgan fingerprint density at radius 2 is 1.24 bits per heavy atom. The molecule has 0 saturated carbocycles. The molecule has 0 aliphatic carbocycles. The van der Waals surface area contributed by atoms with E-state index in [1.165, 1.54) is 38.5 Å². The highest BCUT2D eigenvalue weighted by Crippen LogP contribution is 2.43. The van der Waals surface area contributed by atoms with Gasteiger partial charge in [0, 0.05) is 19.3 Å². The van der Waals surface area contributed by atoms with Crippen molar-refractivity contribution in [3.8, 4) is 0 Å². The fourth-order valence-corrected chi connectivity index (χ4v) is 5.95. The molecule has 0 bridgehead atoms. The first-order valence-corrected chi connectivity index (χ1v) is 21.1. The number of aliphatic hydroxyl groups is 2. The predicted octanol–water partition coefficient (Wildman–Crippen LogP) is 8.87. The fraction of sp³-hybridized carbons (Fsp3) is 0.821. The Hall–Kier alpha value is -1.88. The SMILES string of the molecule is CCCCCC(=O)/C=C/C=C\CCCCCCCC(=O)O[C@H](COC(=O)CCCCCCCCCCCC(C)C)COP(=O)(O)OC[C@@H](O)CO. The molecule has 1 unspecified atom stereocenters. The molecule has 3 N–H and O–H groups in total. The van der Waals surface area contributed by atoms with Crippen molar-refractivity contribution in [3.63, 3.8) is 0 Å². The van der Waals surface area contributed by atoms with Crippen molar-refractivity contribution in [2.45, 2.75) is 174 Å². The molecule has 0 saturated heterocycles.